The highest BCUT2D eigenvalue weighted by Gasteiger charge is 2.28. The summed E-state index contributed by atoms with van der Waals surface area (Å²) >= 11 is 6.07. The smallest absolute Gasteiger partial charge is 0.158 e. The number of nitrogens with two attached hydrogens (primary N) is 1. The molecule has 5 nitrogen and oxygen atoms in total. The summed E-state index contributed by atoms with van der Waals surface area (Å²) in [6.45, 7) is 7.22. The zero-order valence-electron chi connectivity index (χ0n) is 19.9. The number of aryl methyl sites for hydroxylation is 1. The van der Waals surface area contributed by atoms with Gasteiger partial charge >= 0.3 is 0 Å². The predicted octanol–water partition coefficient (Wildman–Crippen LogP) is 5.49. The van der Waals surface area contributed by atoms with E-state index in [1.807, 2.05) is 36.5 Å². The third kappa shape index (κ3) is 4.74. The van der Waals surface area contributed by atoms with Gasteiger partial charge in [0.05, 0.1) is 11.4 Å². The maximum absolute atomic E-state index is 6.79. The Bertz CT molecular complexity index is 1260. The summed E-state index contributed by atoms with van der Waals surface area (Å²) in [4.78, 5) is 7.28. The van der Waals surface area contributed by atoms with E-state index < -0.39 is 5.54 Å². The third-order valence-electron chi connectivity index (χ3n) is 7.06. The van der Waals surface area contributed by atoms with Gasteiger partial charge in [0.1, 0.15) is 0 Å². The van der Waals surface area contributed by atoms with Crippen molar-refractivity contribution >= 4 is 17.2 Å². The molecule has 0 bridgehead atoms. The van der Waals surface area contributed by atoms with Gasteiger partial charge in [0.2, 0.25) is 0 Å². The number of hydrogen-bond acceptors (Lipinski definition) is 4. The highest BCUT2D eigenvalue weighted by Crippen LogP contribution is 2.31. The number of piperidine rings is 1. The average Bonchev–Trinajstić information content (AvgIpc) is 3.16. The molecule has 0 aliphatic carbocycles. The summed E-state index contributed by atoms with van der Waals surface area (Å²) in [6.07, 6.45) is 4.95. The Balaban J connectivity index is 1.41. The van der Waals surface area contributed by atoms with Crippen molar-refractivity contribution in [2.45, 2.75) is 51.1 Å². The first kappa shape index (κ1) is 23.0. The van der Waals surface area contributed by atoms with Crippen LogP contribution in [-0.2, 0) is 18.5 Å². The second-order valence-corrected chi connectivity index (χ2v) is 10.3. The number of aromatic nitrogens is 3. The molecule has 1 aliphatic rings. The van der Waals surface area contributed by atoms with Crippen LogP contribution in [0.25, 0.3) is 5.65 Å². The van der Waals surface area contributed by atoms with Crippen LogP contribution >= 0.6 is 11.6 Å². The van der Waals surface area contributed by atoms with Gasteiger partial charge in [-0.2, -0.15) is 5.10 Å². The van der Waals surface area contributed by atoms with Crippen LogP contribution in [-0.4, -0.2) is 32.6 Å². The minimum atomic E-state index is -0.493. The molecule has 2 N–H and O–H groups in total. The van der Waals surface area contributed by atoms with Gasteiger partial charge in [0, 0.05) is 41.3 Å². The lowest BCUT2D eigenvalue weighted by Gasteiger charge is -2.33. The standard InChI is InChI=1S/C28H32ClN5/c1-20-25(17-28(2,30)23-8-4-3-5-9-23)27-31-15-14-26(34(27)32-20)22-7-6-16-33(19-22)18-21-10-12-24(29)13-11-21/h3-5,8-15,22H,6-7,16-19,30H2,1-2H3/t22-,28?/m0/s1. The van der Waals surface area contributed by atoms with Crippen molar-refractivity contribution in [2.24, 2.45) is 5.73 Å². The van der Waals surface area contributed by atoms with Crippen LogP contribution in [0, 0.1) is 6.92 Å². The van der Waals surface area contributed by atoms with Crippen molar-refractivity contribution in [3.63, 3.8) is 0 Å². The fourth-order valence-corrected chi connectivity index (χ4v) is 5.33. The van der Waals surface area contributed by atoms with Gasteiger partial charge in [-0.15, -0.1) is 0 Å². The fraction of sp³-hybridized carbons (Fsp3) is 0.357. The molecular weight excluding hydrogens is 442 g/mol. The van der Waals surface area contributed by atoms with E-state index in [-0.39, 0.29) is 0 Å². The van der Waals surface area contributed by atoms with E-state index >= 15 is 0 Å². The molecule has 1 saturated heterocycles. The average molecular weight is 474 g/mol. The number of hydrogen-bond donors (Lipinski definition) is 1. The number of fused-ring (bicyclic) bond motifs is 1. The maximum atomic E-state index is 6.79. The fourth-order valence-electron chi connectivity index (χ4n) is 5.21. The highest BCUT2D eigenvalue weighted by atomic mass is 35.5. The zero-order valence-corrected chi connectivity index (χ0v) is 20.7. The molecule has 5 rings (SSSR count). The lowest BCUT2D eigenvalue weighted by molar-refractivity contribution is 0.197. The van der Waals surface area contributed by atoms with Gasteiger partial charge in [-0.1, -0.05) is 54.1 Å². The topological polar surface area (TPSA) is 59.5 Å². The van der Waals surface area contributed by atoms with E-state index in [1.165, 1.54) is 17.7 Å². The minimum Gasteiger partial charge on any atom is -0.321 e. The summed E-state index contributed by atoms with van der Waals surface area (Å²) < 4.78 is 2.07. The minimum absolute atomic E-state index is 0.414. The van der Waals surface area contributed by atoms with E-state index in [4.69, 9.17) is 27.4 Å². The van der Waals surface area contributed by atoms with Crippen molar-refractivity contribution in [3.05, 3.63) is 100.0 Å². The number of benzene rings is 2. The Hall–Kier alpha value is -2.73. The van der Waals surface area contributed by atoms with Crippen LogP contribution in [0.15, 0.2) is 66.9 Å². The first-order valence-corrected chi connectivity index (χ1v) is 12.4. The Morgan fingerprint density at radius 1 is 1.09 bits per heavy atom. The number of rotatable bonds is 6. The molecular formula is C28H32ClN5. The molecule has 3 heterocycles. The summed E-state index contributed by atoms with van der Waals surface area (Å²) in [6, 6.07) is 20.6. The molecule has 2 aromatic carbocycles. The molecule has 2 aromatic heterocycles. The molecule has 0 radical (unpaired) electrons. The van der Waals surface area contributed by atoms with Gasteiger partial charge in [-0.25, -0.2) is 9.50 Å². The number of likely N-dealkylation sites (tertiary alicyclic amines) is 1. The second kappa shape index (κ2) is 9.49. The van der Waals surface area contributed by atoms with Gasteiger partial charge in [0.25, 0.3) is 0 Å². The van der Waals surface area contributed by atoms with Crippen LogP contribution in [0.2, 0.25) is 5.02 Å². The maximum Gasteiger partial charge on any atom is 0.158 e. The molecule has 0 saturated carbocycles. The van der Waals surface area contributed by atoms with Crippen LogP contribution in [0.4, 0.5) is 0 Å². The van der Waals surface area contributed by atoms with Crippen LogP contribution in [0.1, 0.15) is 53.8 Å². The first-order valence-electron chi connectivity index (χ1n) is 12.0. The first-order chi connectivity index (χ1) is 16.4. The highest BCUT2D eigenvalue weighted by molar-refractivity contribution is 6.30. The molecule has 6 heteroatoms. The van der Waals surface area contributed by atoms with Crippen LogP contribution in [0.5, 0.6) is 0 Å². The number of halogens is 1. The molecule has 1 unspecified atom stereocenters. The van der Waals surface area contributed by atoms with Crippen molar-refractivity contribution in [1.82, 2.24) is 19.5 Å². The van der Waals surface area contributed by atoms with Crippen LogP contribution < -0.4 is 5.73 Å². The van der Waals surface area contributed by atoms with Gasteiger partial charge in [-0.05, 0) is 69.0 Å². The zero-order chi connectivity index (χ0) is 23.7. The molecule has 1 aliphatic heterocycles. The molecule has 1 fully saturated rings. The molecule has 4 aromatic rings. The van der Waals surface area contributed by atoms with E-state index in [0.717, 1.165) is 53.5 Å². The second-order valence-electron chi connectivity index (χ2n) is 9.83. The summed E-state index contributed by atoms with van der Waals surface area (Å²) in [5.74, 6) is 0.414. The molecule has 2 atom stereocenters. The third-order valence-corrected chi connectivity index (χ3v) is 7.32. The van der Waals surface area contributed by atoms with Gasteiger partial charge in [-0.3, -0.25) is 4.90 Å². The van der Waals surface area contributed by atoms with Crippen molar-refractivity contribution < 1.29 is 0 Å². The van der Waals surface area contributed by atoms with Crippen LogP contribution in [0.3, 0.4) is 0 Å². The Morgan fingerprint density at radius 3 is 2.62 bits per heavy atom. The van der Waals surface area contributed by atoms with E-state index in [1.54, 1.807) is 0 Å². The van der Waals surface area contributed by atoms with Crippen molar-refractivity contribution in [2.75, 3.05) is 13.1 Å². The summed E-state index contributed by atoms with van der Waals surface area (Å²) in [5.41, 5.74) is 13.0. The van der Waals surface area contributed by atoms with Gasteiger partial charge in [0.15, 0.2) is 5.65 Å². The van der Waals surface area contributed by atoms with E-state index in [9.17, 15) is 0 Å². The Labute approximate surface area is 206 Å². The Kier molecular flexibility index (Phi) is 6.43. The number of nitrogens with zero attached hydrogens (tertiary/aromatic N) is 4. The summed E-state index contributed by atoms with van der Waals surface area (Å²) in [5, 5.41) is 5.73. The monoisotopic (exact) mass is 473 g/mol. The molecule has 0 amide bonds. The quantitative estimate of drug-likeness (QED) is 0.402. The molecule has 34 heavy (non-hydrogen) atoms. The summed E-state index contributed by atoms with van der Waals surface area (Å²) in [7, 11) is 0. The lowest BCUT2D eigenvalue weighted by atomic mass is 9.86. The predicted molar refractivity (Wildman–Crippen MR) is 138 cm³/mol. The Morgan fingerprint density at radius 2 is 1.85 bits per heavy atom. The normalized spacial score (nSPS) is 18.8. The van der Waals surface area contributed by atoms with E-state index in [0.29, 0.717) is 12.3 Å². The van der Waals surface area contributed by atoms with E-state index in [2.05, 4.69) is 53.6 Å². The van der Waals surface area contributed by atoms with Crippen molar-refractivity contribution in [3.8, 4) is 0 Å². The SMILES string of the molecule is Cc1nn2c([C@H]3CCCN(Cc4ccc(Cl)cc4)C3)ccnc2c1CC(C)(N)c1ccccc1. The molecule has 0 spiro atoms. The van der Waals surface area contributed by atoms with Gasteiger partial charge < -0.3 is 5.73 Å². The lowest BCUT2D eigenvalue weighted by Crippen LogP contribution is -2.35. The molecule has 176 valence electrons. The van der Waals surface area contributed by atoms with Crippen molar-refractivity contribution in [1.29, 1.82) is 0 Å². The largest absolute Gasteiger partial charge is 0.321 e.